The summed E-state index contributed by atoms with van der Waals surface area (Å²) in [5.74, 6) is 6.46. The molecule has 2 N–H and O–H groups in total. The van der Waals surface area contributed by atoms with Gasteiger partial charge < -0.3 is 5.73 Å². The molecule has 0 amide bonds. The molecule has 3 aromatic rings. The van der Waals surface area contributed by atoms with Gasteiger partial charge in [-0.2, -0.15) is 0 Å². The Morgan fingerprint density at radius 1 is 1.08 bits per heavy atom. The van der Waals surface area contributed by atoms with Gasteiger partial charge in [-0.25, -0.2) is 9.97 Å². The van der Waals surface area contributed by atoms with Crippen molar-refractivity contribution in [2.24, 2.45) is 0 Å². The Kier molecular flexibility index (Phi) is 4.16. The molecule has 1 aromatic carbocycles. The topological polar surface area (TPSA) is 55.0 Å². The molecule has 0 bridgehead atoms. The van der Waals surface area contributed by atoms with Crippen molar-refractivity contribution >= 4 is 27.4 Å². The summed E-state index contributed by atoms with van der Waals surface area (Å²) in [6.45, 7) is 2.75. The number of nitrogens with two attached hydrogens (primary N) is 1. The number of nitrogen functional groups attached to an aromatic ring is 1. The lowest BCUT2D eigenvalue weighted by molar-refractivity contribution is 0.323. The van der Waals surface area contributed by atoms with Gasteiger partial charge >= 0.3 is 0 Å². The molecule has 3 heterocycles. The monoisotopic (exact) mass is 334 g/mol. The highest BCUT2D eigenvalue weighted by molar-refractivity contribution is 7.15. The molecule has 0 saturated heterocycles. The summed E-state index contributed by atoms with van der Waals surface area (Å²) in [5, 5.41) is 1.84. The van der Waals surface area contributed by atoms with Crippen LogP contribution in [0, 0.1) is 11.8 Å². The molecule has 0 unspecified atom stereocenters. The van der Waals surface area contributed by atoms with E-state index in [1.165, 1.54) is 10.6 Å². The maximum Gasteiger partial charge on any atom is 0.180 e. The molecule has 24 heavy (non-hydrogen) atoms. The Balaban J connectivity index is 1.41. The summed E-state index contributed by atoms with van der Waals surface area (Å²) >= 11 is 1.62. The minimum Gasteiger partial charge on any atom is -0.375 e. The SMILES string of the molecule is Nc1nc2c(s1)CCN(CC#Cc1ccc3ccccc3n1)CC2. The maximum atomic E-state index is 5.79. The largest absolute Gasteiger partial charge is 0.375 e. The van der Waals surface area contributed by atoms with E-state index in [0.29, 0.717) is 5.13 Å². The molecule has 2 aromatic heterocycles. The summed E-state index contributed by atoms with van der Waals surface area (Å²) in [4.78, 5) is 12.7. The van der Waals surface area contributed by atoms with Crippen molar-refractivity contribution in [1.82, 2.24) is 14.9 Å². The predicted octanol–water partition coefficient (Wildman–Crippen LogP) is 2.73. The number of nitrogens with zero attached hydrogens (tertiary/aromatic N) is 3. The Hall–Kier alpha value is -2.42. The first-order valence-electron chi connectivity index (χ1n) is 8.09. The van der Waals surface area contributed by atoms with Crippen LogP contribution in [-0.4, -0.2) is 34.5 Å². The first-order valence-corrected chi connectivity index (χ1v) is 8.91. The fraction of sp³-hybridized carbons (Fsp3) is 0.263. The quantitative estimate of drug-likeness (QED) is 0.695. The number of thiazole rings is 1. The van der Waals surface area contributed by atoms with Crippen molar-refractivity contribution < 1.29 is 0 Å². The van der Waals surface area contributed by atoms with Gasteiger partial charge in [0.05, 0.1) is 17.8 Å². The van der Waals surface area contributed by atoms with E-state index < -0.39 is 0 Å². The van der Waals surface area contributed by atoms with Crippen LogP contribution in [0.15, 0.2) is 36.4 Å². The van der Waals surface area contributed by atoms with E-state index in [1.807, 2.05) is 24.3 Å². The summed E-state index contributed by atoms with van der Waals surface area (Å²) < 4.78 is 0. The third kappa shape index (κ3) is 3.25. The lowest BCUT2D eigenvalue weighted by Gasteiger charge is -2.15. The highest BCUT2D eigenvalue weighted by Gasteiger charge is 2.16. The second-order valence-corrected chi connectivity index (χ2v) is 7.00. The van der Waals surface area contributed by atoms with Crippen molar-refractivity contribution in [2.45, 2.75) is 12.8 Å². The lowest BCUT2D eigenvalue weighted by Crippen LogP contribution is -2.26. The Bertz CT molecular complexity index is 910. The van der Waals surface area contributed by atoms with Gasteiger partial charge in [-0.3, -0.25) is 4.90 Å². The summed E-state index contributed by atoms with van der Waals surface area (Å²) in [5.41, 5.74) is 8.79. The number of anilines is 1. The Labute approximate surface area is 145 Å². The molecule has 0 atom stereocenters. The van der Waals surface area contributed by atoms with E-state index in [-0.39, 0.29) is 0 Å². The number of hydrogen-bond donors (Lipinski definition) is 1. The number of aromatic nitrogens is 2. The van der Waals surface area contributed by atoms with Crippen LogP contribution in [0.25, 0.3) is 10.9 Å². The molecule has 0 saturated carbocycles. The Morgan fingerprint density at radius 2 is 1.96 bits per heavy atom. The van der Waals surface area contributed by atoms with Gasteiger partial charge in [-0.1, -0.05) is 30.2 Å². The van der Waals surface area contributed by atoms with Crippen LogP contribution in [0.1, 0.15) is 16.3 Å². The minimum atomic E-state index is 0.690. The van der Waals surface area contributed by atoms with Gasteiger partial charge in [0, 0.05) is 29.8 Å². The van der Waals surface area contributed by atoms with E-state index in [4.69, 9.17) is 5.73 Å². The zero-order valence-corrected chi connectivity index (χ0v) is 14.1. The molecular weight excluding hydrogens is 316 g/mol. The third-order valence-electron chi connectivity index (χ3n) is 4.23. The minimum absolute atomic E-state index is 0.690. The number of fused-ring (bicyclic) bond motifs is 2. The fourth-order valence-electron chi connectivity index (χ4n) is 2.97. The highest BCUT2D eigenvalue weighted by atomic mass is 32.1. The molecule has 0 radical (unpaired) electrons. The van der Waals surface area contributed by atoms with Gasteiger partial charge in [0.15, 0.2) is 5.13 Å². The number of pyridine rings is 1. The van der Waals surface area contributed by atoms with Crippen molar-refractivity contribution in [2.75, 3.05) is 25.4 Å². The van der Waals surface area contributed by atoms with E-state index in [1.54, 1.807) is 11.3 Å². The molecule has 0 spiro atoms. The summed E-state index contributed by atoms with van der Waals surface area (Å²) in [6, 6.07) is 12.2. The van der Waals surface area contributed by atoms with Crippen molar-refractivity contribution in [3.8, 4) is 11.8 Å². The summed E-state index contributed by atoms with van der Waals surface area (Å²) in [7, 11) is 0. The van der Waals surface area contributed by atoms with Crippen LogP contribution in [0.4, 0.5) is 5.13 Å². The molecule has 0 fully saturated rings. The molecule has 5 heteroatoms. The number of para-hydroxylation sites is 1. The van der Waals surface area contributed by atoms with Crippen LogP contribution in [-0.2, 0) is 12.8 Å². The second kappa shape index (κ2) is 6.60. The van der Waals surface area contributed by atoms with Gasteiger partial charge in [-0.15, -0.1) is 11.3 Å². The highest BCUT2D eigenvalue weighted by Crippen LogP contribution is 2.24. The number of hydrogen-bond acceptors (Lipinski definition) is 5. The zero-order chi connectivity index (χ0) is 16.4. The molecule has 1 aliphatic heterocycles. The smallest absolute Gasteiger partial charge is 0.180 e. The van der Waals surface area contributed by atoms with Gasteiger partial charge in [-0.05, 0) is 24.5 Å². The van der Waals surface area contributed by atoms with E-state index in [2.05, 4.69) is 38.8 Å². The second-order valence-electron chi connectivity index (χ2n) is 5.89. The first kappa shape index (κ1) is 15.1. The normalized spacial score (nSPS) is 14.7. The maximum absolute atomic E-state index is 5.79. The van der Waals surface area contributed by atoms with E-state index in [9.17, 15) is 0 Å². The fourth-order valence-corrected chi connectivity index (χ4v) is 3.83. The van der Waals surface area contributed by atoms with Crippen LogP contribution < -0.4 is 5.73 Å². The van der Waals surface area contributed by atoms with Crippen LogP contribution in [0.3, 0.4) is 0 Å². The molecule has 120 valence electrons. The van der Waals surface area contributed by atoms with Gasteiger partial charge in [0.1, 0.15) is 5.69 Å². The van der Waals surface area contributed by atoms with Crippen LogP contribution in [0.5, 0.6) is 0 Å². The van der Waals surface area contributed by atoms with E-state index in [0.717, 1.165) is 49.1 Å². The van der Waals surface area contributed by atoms with Gasteiger partial charge in [0.2, 0.25) is 0 Å². The standard InChI is InChI=1S/C19H18N4S/c20-19-22-17-9-12-23(13-10-18(17)24-19)11-3-5-15-8-7-14-4-1-2-6-16(14)21-15/h1-2,4,6-8H,9-13H2,(H2,20,22). The van der Waals surface area contributed by atoms with E-state index >= 15 is 0 Å². The third-order valence-corrected chi connectivity index (χ3v) is 5.22. The molecule has 0 aliphatic carbocycles. The molecule has 4 rings (SSSR count). The zero-order valence-electron chi connectivity index (χ0n) is 13.3. The number of benzene rings is 1. The average Bonchev–Trinajstić information content (AvgIpc) is 2.86. The molecular formula is C19H18N4S. The van der Waals surface area contributed by atoms with Gasteiger partial charge in [0.25, 0.3) is 0 Å². The van der Waals surface area contributed by atoms with Crippen LogP contribution in [0.2, 0.25) is 0 Å². The molecule has 1 aliphatic rings. The predicted molar refractivity (Wildman–Crippen MR) is 99.0 cm³/mol. The number of rotatable bonds is 1. The Morgan fingerprint density at radius 3 is 2.92 bits per heavy atom. The van der Waals surface area contributed by atoms with Crippen molar-refractivity contribution in [3.63, 3.8) is 0 Å². The summed E-state index contributed by atoms with van der Waals surface area (Å²) in [6.07, 6.45) is 1.97. The average molecular weight is 334 g/mol. The van der Waals surface area contributed by atoms with Crippen molar-refractivity contribution in [1.29, 1.82) is 0 Å². The molecule has 4 nitrogen and oxygen atoms in total. The first-order chi connectivity index (χ1) is 11.8. The van der Waals surface area contributed by atoms with Crippen LogP contribution >= 0.6 is 11.3 Å². The van der Waals surface area contributed by atoms with Crippen molar-refractivity contribution in [3.05, 3.63) is 52.7 Å². The lowest BCUT2D eigenvalue weighted by atomic mass is 10.2.